The number of carbonyl (C=O) groups excluding carboxylic acids is 2. The van der Waals surface area contributed by atoms with E-state index < -0.39 is 5.54 Å². The van der Waals surface area contributed by atoms with Crippen LogP contribution in [0.25, 0.3) is 0 Å². The second-order valence-corrected chi connectivity index (χ2v) is 5.84. The van der Waals surface area contributed by atoms with E-state index in [9.17, 15) is 9.59 Å². The Hall–Kier alpha value is -2.04. The van der Waals surface area contributed by atoms with Crippen LogP contribution in [0.1, 0.15) is 44.6 Å². The highest BCUT2D eigenvalue weighted by molar-refractivity contribution is 5.91. The van der Waals surface area contributed by atoms with Gasteiger partial charge in [0.2, 0.25) is 5.91 Å². The molecule has 0 spiro atoms. The van der Waals surface area contributed by atoms with Crippen LogP contribution in [0.15, 0.2) is 30.3 Å². The summed E-state index contributed by atoms with van der Waals surface area (Å²) in [4.78, 5) is 24.5. The molecule has 3 N–H and O–H groups in total. The number of hydrogen-bond donors (Lipinski definition) is 3. The van der Waals surface area contributed by atoms with Crippen molar-refractivity contribution in [2.75, 3.05) is 6.54 Å². The quantitative estimate of drug-likeness (QED) is 0.755. The van der Waals surface area contributed by atoms with Gasteiger partial charge in [-0.15, -0.1) is 0 Å². The molecular formula is C17H25N3O2. The Bertz CT molecular complexity index is 496. The van der Waals surface area contributed by atoms with Crippen LogP contribution in [0.2, 0.25) is 0 Å². The molecule has 22 heavy (non-hydrogen) atoms. The summed E-state index contributed by atoms with van der Waals surface area (Å²) in [5.41, 5.74) is 0.296. The summed E-state index contributed by atoms with van der Waals surface area (Å²) < 4.78 is 0. The maximum atomic E-state index is 12.4. The Morgan fingerprint density at radius 1 is 1.09 bits per heavy atom. The lowest BCUT2D eigenvalue weighted by atomic mass is 9.96. The fourth-order valence-corrected chi connectivity index (χ4v) is 2.83. The van der Waals surface area contributed by atoms with Gasteiger partial charge in [0.1, 0.15) is 5.54 Å². The second-order valence-electron chi connectivity index (χ2n) is 5.84. The van der Waals surface area contributed by atoms with Gasteiger partial charge in [-0.1, -0.05) is 50.1 Å². The summed E-state index contributed by atoms with van der Waals surface area (Å²) in [5, 5.41) is 8.65. The molecule has 0 bridgehead atoms. The zero-order chi connectivity index (χ0) is 15.8. The fraction of sp³-hybridized carbons (Fsp3) is 0.529. The van der Waals surface area contributed by atoms with Crippen molar-refractivity contribution in [3.8, 4) is 0 Å². The lowest BCUT2D eigenvalue weighted by molar-refractivity contribution is -0.127. The third-order valence-electron chi connectivity index (χ3n) is 4.08. The number of rotatable bonds is 6. The van der Waals surface area contributed by atoms with Crippen LogP contribution < -0.4 is 16.0 Å². The van der Waals surface area contributed by atoms with Crippen molar-refractivity contribution in [2.45, 2.75) is 51.1 Å². The van der Waals surface area contributed by atoms with E-state index in [4.69, 9.17) is 0 Å². The van der Waals surface area contributed by atoms with E-state index in [1.54, 1.807) is 0 Å². The topological polar surface area (TPSA) is 70.2 Å². The van der Waals surface area contributed by atoms with Crippen LogP contribution in [0, 0.1) is 0 Å². The van der Waals surface area contributed by atoms with Gasteiger partial charge in [-0.25, -0.2) is 4.79 Å². The normalized spacial score (nSPS) is 16.0. The molecule has 1 fully saturated rings. The summed E-state index contributed by atoms with van der Waals surface area (Å²) in [6.07, 6.45) is 4.25. The Labute approximate surface area is 131 Å². The molecule has 1 aromatic carbocycles. The maximum Gasteiger partial charge on any atom is 0.315 e. The average Bonchev–Trinajstić information content (AvgIpc) is 3.01. The smallest absolute Gasteiger partial charge is 0.315 e. The van der Waals surface area contributed by atoms with E-state index in [1.165, 1.54) is 0 Å². The Kier molecular flexibility index (Phi) is 5.81. The SMILES string of the molecule is CCCNC(=O)C1(NC(=O)NCc2ccccc2)CCCC1. The largest absolute Gasteiger partial charge is 0.354 e. The zero-order valence-electron chi connectivity index (χ0n) is 13.2. The van der Waals surface area contributed by atoms with Gasteiger partial charge in [-0.2, -0.15) is 0 Å². The molecule has 0 aromatic heterocycles. The van der Waals surface area contributed by atoms with E-state index in [-0.39, 0.29) is 11.9 Å². The first-order chi connectivity index (χ1) is 10.7. The Balaban J connectivity index is 1.90. The second kappa shape index (κ2) is 7.82. The number of nitrogens with one attached hydrogen (secondary N) is 3. The van der Waals surface area contributed by atoms with Crippen LogP contribution in [0.3, 0.4) is 0 Å². The highest BCUT2D eigenvalue weighted by Crippen LogP contribution is 2.29. The van der Waals surface area contributed by atoms with Crippen LogP contribution in [-0.2, 0) is 11.3 Å². The number of carbonyl (C=O) groups is 2. The van der Waals surface area contributed by atoms with Gasteiger partial charge in [0, 0.05) is 13.1 Å². The standard InChI is InChI=1S/C17H25N3O2/c1-2-12-18-15(21)17(10-6-7-11-17)20-16(22)19-13-14-8-4-3-5-9-14/h3-5,8-9H,2,6-7,10-13H2,1H3,(H,18,21)(H2,19,20,22). The van der Waals surface area contributed by atoms with Gasteiger partial charge in [-0.3, -0.25) is 4.79 Å². The van der Waals surface area contributed by atoms with Crippen molar-refractivity contribution >= 4 is 11.9 Å². The summed E-state index contributed by atoms with van der Waals surface area (Å²) >= 11 is 0. The molecule has 0 atom stereocenters. The van der Waals surface area contributed by atoms with E-state index in [2.05, 4.69) is 16.0 Å². The minimum atomic E-state index is -0.740. The van der Waals surface area contributed by atoms with Crippen molar-refractivity contribution < 1.29 is 9.59 Å². The van der Waals surface area contributed by atoms with E-state index in [1.807, 2.05) is 37.3 Å². The van der Waals surface area contributed by atoms with E-state index in [0.29, 0.717) is 25.9 Å². The highest BCUT2D eigenvalue weighted by atomic mass is 16.2. The molecule has 0 saturated heterocycles. The lowest BCUT2D eigenvalue weighted by Gasteiger charge is -2.29. The number of benzene rings is 1. The van der Waals surface area contributed by atoms with Crippen molar-refractivity contribution in [1.29, 1.82) is 0 Å². The monoisotopic (exact) mass is 303 g/mol. The van der Waals surface area contributed by atoms with Crippen molar-refractivity contribution in [1.82, 2.24) is 16.0 Å². The molecule has 120 valence electrons. The predicted octanol–water partition coefficient (Wildman–Crippen LogP) is 2.32. The fourth-order valence-electron chi connectivity index (χ4n) is 2.83. The van der Waals surface area contributed by atoms with Crippen LogP contribution in [-0.4, -0.2) is 24.0 Å². The molecule has 0 heterocycles. The molecule has 5 nitrogen and oxygen atoms in total. The Morgan fingerprint density at radius 3 is 2.41 bits per heavy atom. The average molecular weight is 303 g/mol. The molecule has 1 saturated carbocycles. The van der Waals surface area contributed by atoms with Gasteiger partial charge in [0.25, 0.3) is 0 Å². The molecule has 1 aromatic rings. The molecule has 5 heteroatoms. The predicted molar refractivity (Wildman–Crippen MR) is 86.3 cm³/mol. The molecule has 2 rings (SSSR count). The first kappa shape index (κ1) is 16.3. The van der Waals surface area contributed by atoms with E-state index >= 15 is 0 Å². The van der Waals surface area contributed by atoms with Crippen LogP contribution >= 0.6 is 0 Å². The summed E-state index contributed by atoms with van der Waals surface area (Å²) in [6.45, 7) is 3.12. The first-order valence-electron chi connectivity index (χ1n) is 8.04. The number of amides is 3. The molecule has 1 aliphatic carbocycles. The lowest BCUT2D eigenvalue weighted by Crippen LogP contribution is -2.59. The van der Waals surface area contributed by atoms with Crippen LogP contribution in [0.4, 0.5) is 4.79 Å². The van der Waals surface area contributed by atoms with Crippen molar-refractivity contribution in [3.63, 3.8) is 0 Å². The highest BCUT2D eigenvalue weighted by Gasteiger charge is 2.42. The third-order valence-corrected chi connectivity index (χ3v) is 4.08. The summed E-state index contributed by atoms with van der Waals surface area (Å²) in [6, 6.07) is 9.45. The molecule has 0 unspecified atom stereocenters. The van der Waals surface area contributed by atoms with Crippen LogP contribution in [0.5, 0.6) is 0 Å². The zero-order valence-corrected chi connectivity index (χ0v) is 13.2. The first-order valence-corrected chi connectivity index (χ1v) is 8.04. The number of urea groups is 1. The Morgan fingerprint density at radius 2 is 1.77 bits per heavy atom. The van der Waals surface area contributed by atoms with Gasteiger partial charge >= 0.3 is 6.03 Å². The molecule has 3 amide bonds. The molecule has 1 aliphatic rings. The van der Waals surface area contributed by atoms with Crippen molar-refractivity contribution in [2.24, 2.45) is 0 Å². The molecular weight excluding hydrogens is 278 g/mol. The third kappa shape index (κ3) is 4.23. The summed E-state index contributed by atoms with van der Waals surface area (Å²) in [7, 11) is 0. The summed E-state index contributed by atoms with van der Waals surface area (Å²) in [5.74, 6) is -0.0540. The molecule has 0 radical (unpaired) electrons. The van der Waals surface area contributed by atoms with Gasteiger partial charge < -0.3 is 16.0 Å². The molecule has 0 aliphatic heterocycles. The number of hydrogen-bond acceptors (Lipinski definition) is 2. The van der Waals surface area contributed by atoms with Crippen molar-refractivity contribution in [3.05, 3.63) is 35.9 Å². The van der Waals surface area contributed by atoms with Gasteiger partial charge in [0.05, 0.1) is 0 Å². The van der Waals surface area contributed by atoms with Gasteiger partial charge in [-0.05, 0) is 24.8 Å². The van der Waals surface area contributed by atoms with Gasteiger partial charge in [0.15, 0.2) is 0 Å². The minimum Gasteiger partial charge on any atom is -0.354 e. The van der Waals surface area contributed by atoms with E-state index in [0.717, 1.165) is 24.8 Å². The maximum absolute atomic E-state index is 12.4. The minimum absolute atomic E-state index is 0.0540.